The number of benzene rings is 2. The summed E-state index contributed by atoms with van der Waals surface area (Å²) in [5.41, 5.74) is 0.947. The number of methoxy groups -OCH3 is 1. The number of nitrogens with zero attached hydrogens (tertiary/aromatic N) is 2. The third kappa shape index (κ3) is 6.21. The SMILES string of the molecule is CCC1=C(C(=O)OCCN(C)Cc2ccccc2)C(c2cccc([N+](=O)[O-])c2F)C(C(=O)OC)=C(C)N1. The monoisotopic (exact) mass is 511 g/mol. The van der Waals surface area contributed by atoms with Gasteiger partial charge in [-0.2, -0.15) is 4.39 Å². The Balaban J connectivity index is 1.93. The summed E-state index contributed by atoms with van der Waals surface area (Å²) in [6.45, 7) is 4.52. The second-order valence-electron chi connectivity index (χ2n) is 8.63. The van der Waals surface area contributed by atoms with Crippen molar-refractivity contribution < 1.29 is 28.4 Å². The molecule has 1 aliphatic rings. The van der Waals surface area contributed by atoms with Gasteiger partial charge in [0.1, 0.15) is 6.61 Å². The number of likely N-dealkylation sites (N-methyl/N-ethyl adjacent to an activating group) is 1. The Labute approximate surface area is 214 Å². The van der Waals surface area contributed by atoms with Crippen LogP contribution in [0.2, 0.25) is 0 Å². The highest BCUT2D eigenvalue weighted by Crippen LogP contribution is 2.42. The first kappa shape index (κ1) is 27.5. The van der Waals surface area contributed by atoms with Crippen molar-refractivity contribution in [3.63, 3.8) is 0 Å². The normalized spacial score (nSPS) is 15.5. The number of nitrogens with one attached hydrogen (secondary N) is 1. The highest BCUT2D eigenvalue weighted by atomic mass is 19.1. The lowest BCUT2D eigenvalue weighted by Gasteiger charge is -2.31. The number of halogens is 1. The van der Waals surface area contributed by atoms with Crippen molar-refractivity contribution in [2.45, 2.75) is 32.7 Å². The first-order chi connectivity index (χ1) is 17.7. The van der Waals surface area contributed by atoms with Crippen LogP contribution in [0.4, 0.5) is 10.1 Å². The Morgan fingerprint density at radius 3 is 2.43 bits per heavy atom. The average Bonchev–Trinajstić information content (AvgIpc) is 2.88. The van der Waals surface area contributed by atoms with Gasteiger partial charge in [-0.05, 0) is 26.0 Å². The molecule has 0 saturated heterocycles. The lowest BCUT2D eigenvalue weighted by atomic mass is 9.79. The zero-order valence-corrected chi connectivity index (χ0v) is 21.2. The number of hydrogen-bond donors (Lipinski definition) is 1. The van der Waals surface area contributed by atoms with Gasteiger partial charge in [-0.25, -0.2) is 9.59 Å². The van der Waals surface area contributed by atoms with E-state index in [4.69, 9.17) is 9.47 Å². The van der Waals surface area contributed by atoms with E-state index < -0.39 is 34.3 Å². The number of nitro groups is 1. The van der Waals surface area contributed by atoms with Crippen LogP contribution in [0.25, 0.3) is 0 Å². The number of esters is 2. The van der Waals surface area contributed by atoms with Crippen LogP contribution in [0, 0.1) is 15.9 Å². The van der Waals surface area contributed by atoms with E-state index in [2.05, 4.69) is 5.32 Å². The fourth-order valence-electron chi connectivity index (χ4n) is 4.36. The molecular weight excluding hydrogens is 481 g/mol. The van der Waals surface area contributed by atoms with Crippen LogP contribution in [0.5, 0.6) is 0 Å². The number of ether oxygens (including phenoxy) is 2. The molecular formula is C27H30FN3O6. The molecule has 1 unspecified atom stereocenters. The van der Waals surface area contributed by atoms with Crippen LogP contribution in [0.1, 0.15) is 37.3 Å². The van der Waals surface area contributed by atoms with E-state index in [0.29, 0.717) is 30.9 Å². The molecule has 2 aromatic carbocycles. The van der Waals surface area contributed by atoms with Crippen molar-refractivity contribution in [3.05, 3.63) is 98.1 Å². The largest absolute Gasteiger partial charge is 0.466 e. The Morgan fingerprint density at radius 2 is 1.81 bits per heavy atom. The summed E-state index contributed by atoms with van der Waals surface area (Å²) >= 11 is 0. The van der Waals surface area contributed by atoms with Crippen molar-refractivity contribution >= 4 is 17.6 Å². The van der Waals surface area contributed by atoms with Gasteiger partial charge in [-0.1, -0.05) is 49.4 Å². The van der Waals surface area contributed by atoms with Gasteiger partial charge in [-0.3, -0.25) is 15.0 Å². The molecule has 1 heterocycles. The first-order valence-corrected chi connectivity index (χ1v) is 11.8. The lowest BCUT2D eigenvalue weighted by Crippen LogP contribution is -2.34. The number of carbonyl (C=O) groups is 2. The van der Waals surface area contributed by atoms with Gasteiger partial charge in [-0.15, -0.1) is 0 Å². The van der Waals surface area contributed by atoms with Crippen molar-refractivity contribution in [1.82, 2.24) is 10.2 Å². The highest BCUT2D eigenvalue weighted by Gasteiger charge is 2.40. The summed E-state index contributed by atoms with van der Waals surface area (Å²) in [4.78, 5) is 38.7. The molecule has 2 aromatic rings. The Hall–Kier alpha value is -4.05. The number of nitro benzene ring substituents is 1. The number of carbonyl (C=O) groups excluding carboxylic acids is 2. The van der Waals surface area contributed by atoms with E-state index in [-0.39, 0.29) is 23.3 Å². The second kappa shape index (κ2) is 12.3. The van der Waals surface area contributed by atoms with E-state index in [1.54, 1.807) is 13.8 Å². The smallest absolute Gasteiger partial charge is 0.336 e. The lowest BCUT2D eigenvalue weighted by molar-refractivity contribution is -0.387. The van der Waals surface area contributed by atoms with Crippen LogP contribution in [0.15, 0.2) is 71.1 Å². The van der Waals surface area contributed by atoms with E-state index >= 15 is 4.39 Å². The minimum Gasteiger partial charge on any atom is -0.466 e. The summed E-state index contributed by atoms with van der Waals surface area (Å²) in [7, 11) is 3.06. The van der Waals surface area contributed by atoms with E-state index in [1.165, 1.54) is 19.2 Å². The molecule has 0 radical (unpaired) electrons. The zero-order chi connectivity index (χ0) is 27.1. The number of allylic oxidation sites excluding steroid dienone is 2. The van der Waals surface area contributed by atoms with Crippen LogP contribution in [-0.2, 0) is 25.6 Å². The predicted octanol–water partition coefficient (Wildman–Crippen LogP) is 4.21. The Morgan fingerprint density at radius 1 is 1.11 bits per heavy atom. The van der Waals surface area contributed by atoms with Gasteiger partial charge in [0.2, 0.25) is 5.82 Å². The van der Waals surface area contributed by atoms with Gasteiger partial charge < -0.3 is 14.8 Å². The predicted molar refractivity (Wildman–Crippen MR) is 135 cm³/mol. The van der Waals surface area contributed by atoms with Crippen LogP contribution in [-0.4, -0.2) is 49.1 Å². The summed E-state index contributed by atoms with van der Waals surface area (Å²) < 4.78 is 25.9. The maximum atomic E-state index is 15.4. The van der Waals surface area contributed by atoms with E-state index in [9.17, 15) is 19.7 Å². The molecule has 37 heavy (non-hydrogen) atoms. The molecule has 1 N–H and O–H groups in total. The average molecular weight is 512 g/mol. The molecule has 9 nitrogen and oxygen atoms in total. The van der Waals surface area contributed by atoms with Gasteiger partial charge in [0.05, 0.1) is 29.1 Å². The summed E-state index contributed by atoms with van der Waals surface area (Å²) in [6, 6.07) is 13.5. The molecule has 0 fully saturated rings. The molecule has 3 rings (SSSR count). The van der Waals surface area contributed by atoms with Crippen LogP contribution >= 0.6 is 0 Å². The Kier molecular flexibility index (Phi) is 9.13. The van der Waals surface area contributed by atoms with E-state index in [1.807, 2.05) is 42.3 Å². The number of rotatable bonds is 10. The fraction of sp³-hybridized carbons (Fsp3) is 0.333. The molecule has 0 aliphatic carbocycles. The molecule has 0 aromatic heterocycles. The van der Waals surface area contributed by atoms with Gasteiger partial charge in [0.25, 0.3) is 0 Å². The zero-order valence-electron chi connectivity index (χ0n) is 21.2. The van der Waals surface area contributed by atoms with Crippen LogP contribution < -0.4 is 5.32 Å². The third-order valence-corrected chi connectivity index (χ3v) is 6.14. The molecule has 0 bridgehead atoms. The summed E-state index contributed by atoms with van der Waals surface area (Å²) in [6.07, 6.45) is 0.344. The van der Waals surface area contributed by atoms with Crippen LogP contribution in [0.3, 0.4) is 0 Å². The minimum atomic E-state index is -1.25. The number of hydrogen-bond acceptors (Lipinski definition) is 8. The maximum Gasteiger partial charge on any atom is 0.336 e. The minimum absolute atomic E-state index is 0.0126. The van der Waals surface area contributed by atoms with Crippen molar-refractivity contribution in [3.8, 4) is 0 Å². The fourth-order valence-corrected chi connectivity index (χ4v) is 4.36. The highest BCUT2D eigenvalue weighted by molar-refractivity contribution is 6.00. The summed E-state index contributed by atoms with van der Waals surface area (Å²) in [5.74, 6) is -3.92. The molecule has 0 amide bonds. The van der Waals surface area contributed by atoms with E-state index in [0.717, 1.165) is 11.6 Å². The van der Waals surface area contributed by atoms with Crippen molar-refractivity contribution in [2.75, 3.05) is 27.3 Å². The third-order valence-electron chi connectivity index (χ3n) is 6.14. The molecule has 1 atom stereocenters. The topological polar surface area (TPSA) is 111 Å². The standard InChI is InChI=1S/C27H30FN3O6/c1-5-20-24(27(33)37-15-14-30(3)16-18-10-7-6-8-11-18)23(22(17(2)29-20)26(32)36-4)19-12-9-13-21(25(19)28)31(34)35/h6-13,23,29H,5,14-16H2,1-4H3. The van der Waals surface area contributed by atoms with Gasteiger partial charge in [0, 0.05) is 36.1 Å². The molecule has 1 aliphatic heterocycles. The van der Waals surface area contributed by atoms with Gasteiger partial charge >= 0.3 is 17.6 Å². The quantitative estimate of drug-likeness (QED) is 0.287. The molecule has 10 heteroatoms. The molecule has 0 saturated carbocycles. The summed E-state index contributed by atoms with van der Waals surface area (Å²) in [5, 5.41) is 14.4. The molecule has 196 valence electrons. The Bertz CT molecular complexity index is 1240. The van der Waals surface area contributed by atoms with Crippen molar-refractivity contribution in [1.29, 1.82) is 0 Å². The molecule has 0 spiro atoms. The van der Waals surface area contributed by atoms with Crippen molar-refractivity contribution in [2.24, 2.45) is 0 Å². The number of dihydropyridines is 1. The first-order valence-electron chi connectivity index (χ1n) is 11.8. The van der Waals surface area contributed by atoms with Gasteiger partial charge in [0.15, 0.2) is 0 Å². The second-order valence-corrected chi connectivity index (χ2v) is 8.63. The maximum absolute atomic E-state index is 15.4.